The summed E-state index contributed by atoms with van der Waals surface area (Å²) in [7, 11) is 0. The summed E-state index contributed by atoms with van der Waals surface area (Å²) in [6, 6.07) is -0.553. The molecule has 0 fully saturated rings. The first kappa shape index (κ1) is 7.75. The van der Waals surface area contributed by atoms with Gasteiger partial charge in [0.2, 0.25) is 0 Å². The van der Waals surface area contributed by atoms with Crippen molar-refractivity contribution in [1.29, 1.82) is 0 Å². The molecule has 1 unspecified atom stereocenters. The van der Waals surface area contributed by atoms with Crippen molar-refractivity contribution >= 4 is 6.29 Å². The predicted molar refractivity (Wildman–Crippen MR) is 43.5 cm³/mol. The molecule has 0 amide bonds. The van der Waals surface area contributed by atoms with Crippen molar-refractivity contribution in [1.82, 2.24) is 5.32 Å². The van der Waals surface area contributed by atoms with Crippen molar-refractivity contribution in [2.75, 3.05) is 0 Å². The number of rotatable bonds is 2. The SMILES string of the molecule is NC(C=O)C1=CC=CC=CN1. The molecule has 0 aromatic heterocycles. The van der Waals surface area contributed by atoms with Gasteiger partial charge in [0.25, 0.3) is 0 Å². The third kappa shape index (κ3) is 2.05. The molecule has 0 aromatic rings. The fourth-order valence-corrected chi connectivity index (χ4v) is 0.752. The molecule has 0 aromatic carbocycles. The van der Waals surface area contributed by atoms with Crippen LogP contribution in [0.25, 0.3) is 0 Å². The third-order valence-electron chi connectivity index (χ3n) is 1.35. The number of hydrogen-bond acceptors (Lipinski definition) is 3. The van der Waals surface area contributed by atoms with E-state index in [1.165, 1.54) is 0 Å². The Bertz CT molecular complexity index is 228. The molecule has 11 heavy (non-hydrogen) atoms. The molecule has 0 aliphatic carbocycles. The molecule has 3 heteroatoms. The molecule has 1 aliphatic rings. The van der Waals surface area contributed by atoms with E-state index in [0.717, 1.165) is 0 Å². The lowest BCUT2D eigenvalue weighted by atomic mass is 10.2. The van der Waals surface area contributed by atoms with E-state index in [9.17, 15) is 4.79 Å². The first-order valence-corrected chi connectivity index (χ1v) is 3.35. The van der Waals surface area contributed by atoms with E-state index in [2.05, 4.69) is 5.32 Å². The molecule has 1 aliphatic heterocycles. The second-order valence-corrected chi connectivity index (χ2v) is 2.17. The minimum absolute atomic E-state index is 0.553. The Labute approximate surface area is 65.3 Å². The van der Waals surface area contributed by atoms with Gasteiger partial charge in [0.15, 0.2) is 0 Å². The zero-order chi connectivity index (χ0) is 8.10. The fourth-order valence-electron chi connectivity index (χ4n) is 0.752. The van der Waals surface area contributed by atoms with Gasteiger partial charge in [0.1, 0.15) is 12.3 Å². The number of nitrogens with one attached hydrogen (secondary N) is 1. The van der Waals surface area contributed by atoms with E-state index in [-0.39, 0.29) is 0 Å². The Morgan fingerprint density at radius 2 is 2.27 bits per heavy atom. The minimum atomic E-state index is -0.553. The second-order valence-electron chi connectivity index (χ2n) is 2.17. The van der Waals surface area contributed by atoms with E-state index in [0.29, 0.717) is 12.0 Å². The number of allylic oxidation sites excluding steroid dienone is 4. The zero-order valence-corrected chi connectivity index (χ0v) is 6.03. The second kappa shape index (κ2) is 3.73. The van der Waals surface area contributed by atoms with Gasteiger partial charge in [-0.3, -0.25) is 0 Å². The van der Waals surface area contributed by atoms with Crippen LogP contribution in [-0.2, 0) is 4.79 Å². The highest BCUT2D eigenvalue weighted by Crippen LogP contribution is 1.97. The maximum absolute atomic E-state index is 10.3. The molecule has 0 spiro atoms. The van der Waals surface area contributed by atoms with Crippen LogP contribution in [0, 0.1) is 0 Å². The van der Waals surface area contributed by atoms with Gasteiger partial charge in [-0.1, -0.05) is 12.2 Å². The Kier molecular flexibility index (Phi) is 2.63. The lowest BCUT2D eigenvalue weighted by Crippen LogP contribution is -2.30. The summed E-state index contributed by atoms with van der Waals surface area (Å²) >= 11 is 0. The molecule has 0 bridgehead atoms. The van der Waals surface area contributed by atoms with Gasteiger partial charge in [-0.15, -0.1) is 0 Å². The summed E-state index contributed by atoms with van der Waals surface area (Å²) in [6.45, 7) is 0. The Balaban J connectivity index is 2.71. The average molecular weight is 150 g/mol. The van der Waals surface area contributed by atoms with Crippen molar-refractivity contribution in [3.8, 4) is 0 Å². The highest BCUT2D eigenvalue weighted by molar-refractivity contribution is 5.63. The summed E-state index contributed by atoms with van der Waals surface area (Å²) < 4.78 is 0. The van der Waals surface area contributed by atoms with Crippen molar-refractivity contribution in [3.05, 3.63) is 36.2 Å². The molecule has 0 saturated heterocycles. The lowest BCUT2D eigenvalue weighted by Gasteiger charge is -2.07. The summed E-state index contributed by atoms with van der Waals surface area (Å²) in [5.41, 5.74) is 6.16. The van der Waals surface area contributed by atoms with Crippen LogP contribution in [0.15, 0.2) is 36.2 Å². The number of carbonyl (C=O) groups is 1. The molecular weight excluding hydrogens is 140 g/mol. The van der Waals surface area contributed by atoms with Crippen molar-refractivity contribution in [2.45, 2.75) is 6.04 Å². The fraction of sp³-hybridized carbons (Fsp3) is 0.125. The highest BCUT2D eigenvalue weighted by Gasteiger charge is 2.04. The quantitative estimate of drug-likeness (QED) is 0.548. The molecule has 1 rings (SSSR count). The minimum Gasteiger partial charge on any atom is -0.363 e. The number of carbonyl (C=O) groups excluding carboxylic acids is 1. The van der Waals surface area contributed by atoms with Gasteiger partial charge in [0, 0.05) is 11.9 Å². The van der Waals surface area contributed by atoms with Crippen LogP contribution in [0.5, 0.6) is 0 Å². The summed E-state index contributed by atoms with van der Waals surface area (Å²) in [6.07, 6.45) is 9.73. The van der Waals surface area contributed by atoms with Gasteiger partial charge in [-0.2, -0.15) is 0 Å². The number of hydrogen-bond donors (Lipinski definition) is 2. The Morgan fingerprint density at radius 1 is 1.45 bits per heavy atom. The van der Waals surface area contributed by atoms with Crippen molar-refractivity contribution < 1.29 is 4.79 Å². The van der Waals surface area contributed by atoms with Crippen LogP contribution in [0.2, 0.25) is 0 Å². The first-order valence-electron chi connectivity index (χ1n) is 3.35. The van der Waals surface area contributed by atoms with Crippen LogP contribution in [-0.4, -0.2) is 12.3 Å². The standard InChI is InChI=1S/C8H10N2O/c9-7(6-11)8-4-2-1-3-5-10-8/h1-7,10H,9H2. The third-order valence-corrected chi connectivity index (χ3v) is 1.35. The van der Waals surface area contributed by atoms with Crippen molar-refractivity contribution in [2.24, 2.45) is 5.73 Å². The molecule has 0 saturated carbocycles. The van der Waals surface area contributed by atoms with Crippen LogP contribution < -0.4 is 11.1 Å². The predicted octanol–water partition coefficient (Wildman–Crippen LogP) is 0.0696. The van der Waals surface area contributed by atoms with Crippen LogP contribution in [0.1, 0.15) is 0 Å². The maximum atomic E-state index is 10.3. The van der Waals surface area contributed by atoms with Gasteiger partial charge in [-0.05, 0) is 12.2 Å². The van der Waals surface area contributed by atoms with Gasteiger partial charge < -0.3 is 15.8 Å². The maximum Gasteiger partial charge on any atom is 0.142 e. The molecular formula is C8H10N2O. The Morgan fingerprint density at radius 3 is 3.00 bits per heavy atom. The molecule has 1 heterocycles. The molecule has 3 N–H and O–H groups in total. The summed E-state index contributed by atoms with van der Waals surface area (Å²) in [5, 5.41) is 2.89. The van der Waals surface area contributed by atoms with Crippen LogP contribution >= 0.6 is 0 Å². The van der Waals surface area contributed by atoms with Gasteiger partial charge in [-0.25, -0.2) is 0 Å². The monoisotopic (exact) mass is 150 g/mol. The highest BCUT2D eigenvalue weighted by atomic mass is 16.1. The number of aldehydes is 1. The van der Waals surface area contributed by atoms with Crippen molar-refractivity contribution in [3.63, 3.8) is 0 Å². The molecule has 58 valence electrons. The van der Waals surface area contributed by atoms with Crippen LogP contribution in [0.3, 0.4) is 0 Å². The summed E-state index contributed by atoms with van der Waals surface area (Å²) in [5.74, 6) is 0. The van der Waals surface area contributed by atoms with E-state index in [1.54, 1.807) is 12.3 Å². The number of nitrogens with two attached hydrogens (primary N) is 1. The lowest BCUT2D eigenvalue weighted by molar-refractivity contribution is -0.108. The van der Waals surface area contributed by atoms with E-state index >= 15 is 0 Å². The zero-order valence-electron chi connectivity index (χ0n) is 6.03. The smallest absolute Gasteiger partial charge is 0.142 e. The van der Waals surface area contributed by atoms with E-state index in [1.807, 2.05) is 18.2 Å². The molecule has 3 nitrogen and oxygen atoms in total. The van der Waals surface area contributed by atoms with E-state index < -0.39 is 6.04 Å². The van der Waals surface area contributed by atoms with E-state index in [4.69, 9.17) is 5.73 Å². The van der Waals surface area contributed by atoms with Gasteiger partial charge in [0.05, 0.1) is 0 Å². The van der Waals surface area contributed by atoms with Gasteiger partial charge >= 0.3 is 0 Å². The average Bonchev–Trinajstić information content (AvgIpc) is 2.30. The topological polar surface area (TPSA) is 55.1 Å². The normalized spacial score (nSPS) is 18.1. The largest absolute Gasteiger partial charge is 0.363 e. The molecule has 1 atom stereocenters. The first-order chi connectivity index (χ1) is 5.34. The van der Waals surface area contributed by atoms with Crippen LogP contribution in [0.4, 0.5) is 0 Å². The Hall–Kier alpha value is -1.35. The molecule has 0 radical (unpaired) electrons. The summed E-state index contributed by atoms with van der Waals surface area (Å²) in [4.78, 5) is 10.3.